The molecule has 206 valence electrons. The van der Waals surface area contributed by atoms with E-state index in [-0.39, 0.29) is 29.9 Å². The van der Waals surface area contributed by atoms with Crippen molar-refractivity contribution in [1.82, 2.24) is 15.2 Å². The van der Waals surface area contributed by atoms with Crippen LogP contribution in [0, 0.1) is 5.92 Å². The van der Waals surface area contributed by atoms with Gasteiger partial charge in [0.15, 0.2) is 0 Å². The van der Waals surface area contributed by atoms with Gasteiger partial charge in [-0.1, -0.05) is 61.4 Å². The molecule has 1 saturated carbocycles. The molecule has 1 aliphatic rings. The molecule has 2 aromatic heterocycles. The minimum Gasteiger partial charge on any atom is -0.474 e. The minimum absolute atomic E-state index is 0.106. The van der Waals surface area contributed by atoms with Crippen molar-refractivity contribution in [2.45, 2.75) is 45.1 Å². The van der Waals surface area contributed by atoms with Crippen molar-refractivity contribution in [3.63, 3.8) is 0 Å². The maximum atomic E-state index is 12.5. The van der Waals surface area contributed by atoms with Gasteiger partial charge in [-0.25, -0.2) is 4.98 Å². The van der Waals surface area contributed by atoms with Gasteiger partial charge in [0.2, 0.25) is 5.88 Å². The van der Waals surface area contributed by atoms with E-state index in [2.05, 4.69) is 39.7 Å². The van der Waals surface area contributed by atoms with Crippen molar-refractivity contribution in [2.24, 2.45) is 5.92 Å². The first-order chi connectivity index (χ1) is 19.4. The van der Waals surface area contributed by atoms with Crippen LogP contribution < -0.4 is 15.4 Å². The zero-order valence-corrected chi connectivity index (χ0v) is 22.4. The Morgan fingerprint density at radius 1 is 0.975 bits per heavy atom. The average molecular weight is 542 g/mol. The van der Waals surface area contributed by atoms with Crippen molar-refractivity contribution in [3.05, 3.63) is 89.9 Å². The smallest absolute Gasteiger partial charge is 0.320 e. The van der Waals surface area contributed by atoms with Gasteiger partial charge in [0.1, 0.15) is 6.10 Å². The van der Waals surface area contributed by atoms with E-state index < -0.39 is 5.91 Å². The summed E-state index contributed by atoms with van der Waals surface area (Å²) >= 11 is 0. The van der Waals surface area contributed by atoms with Gasteiger partial charge in [0, 0.05) is 18.2 Å². The normalized spacial score (nSPS) is 16.2. The minimum atomic E-state index is -0.557. The fraction of sp³-hybridized carbons (Fsp3) is 0.300. The fourth-order valence-electron chi connectivity index (χ4n) is 4.21. The van der Waals surface area contributed by atoms with Crippen LogP contribution in [0.5, 0.6) is 5.88 Å². The number of aromatic nitrogens is 3. The Hall–Kier alpha value is -4.73. The molecule has 0 saturated heterocycles. The number of esters is 1. The number of pyridine rings is 1. The maximum absolute atomic E-state index is 12.5. The lowest BCUT2D eigenvalue weighted by Crippen LogP contribution is -2.39. The third-order valence-electron chi connectivity index (χ3n) is 6.64. The highest BCUT2D eigenvalue weighted by molar-refractivity contribution is 6.00. The summed E-state index contributed by atoms with van der Waals surface area (Å²) in [5.74, 6) is -0.249. The number of carbonyl (C=O) groups excluding carboxylic acids is 2. The van der Waals surface area contributed by atoms with Crippen molar-refractivity contribution in [1.29, 1.82) is 0 Å². The number of nitrogens with zero attached hydrogens (tertiary/aromatic N) is 3. The molecule has 1 aliphatic carbocycles. The maximum Gasteiger partial charge on any atom is 0.320 e. The van der Waals surface area contributed by atoms with Gasteiger partial charge in [0.05, 0.1) is 24.4 Å². The summed E-state index contributed by atoms with van der Waals surface area (Å²) in [6.45, 7) is 4.62. The molecule has 0 radical (unpaired) electrons. The number of amides is 1. The van der Waals surface area contributed by atoms with E-state index in [1.165, 1.54) is 11.8 Å². The first-order valence-corrected chi connectivity index (χ1v) is 13.3. The Morgan fingerprint density at radius 2 is 1.73 bits per heavy atom. The number of ether oxygens (including phenoxy) is 2. The molecule has 2 N–H and O–H groups in total. The molecule has 5 rings (SSSR count). The average Bonchev–Trinajstić information content (AvgIpc) is 3.41. The van der Waals surface area contributed by atoms with Gasteiger partial charge >= 0.3 is 23.8 Å². The summed E-state index contributed by atoms with van der Waals surface area (Å²) in [6, 6.07) is 21.2. The Morgan fingerprint density at radius 3 is 2.42 bits per heavy atom. The SMILES string of the molecule is CC(C)c1ccc(Nc2nnc(C(=O)Nc3ccc(OC4CC(C(=O)OCCc5ccccc5)C4)nc3)o2)cc1. The molecule has 4 aromatic rings. The molecular formula is C30H31N5O5. The standard InChI is InChI=1S/C30H31N5O5/c1-19(2)21-8-10-23(11-9-21)33-30-35-34-28(40-30)27(36)32-24-12-13-26(31-18-24)39-25-16-22(17-25)29(37)38-15-14-20-6-4-3-5-7-20/h3-13,18-19,22,25H,14-17H2,1-2H3,(H,32,36)(H,33,35). The number of carbonyl (C=O) groups is 2. The molecule has 1 fully saturated rings. The molecule has 10 heteroatoms. The Balaban J connectivity index is 1.03. The van der Waals surface area contributed by atoms with Gasteiger partial charge in [-0.15, -0.1) is 5.10 Å². The topological polar surface area (TPSA) is 128 Å². The largest absolute Gasteiger partial charge is 0.474 e. The van der Waals surface area contributed by atoms with Gasteiger partial charge in [0.25, 0.3) is 0 Å². The van der Waals surface area contributed by atoms with E-state index in [4.69, 9.17) is 13.9 Å². The van der Waals surface area contributed by atoms with Crippen molar-refractivity contribution < 1.29 is 23.5 Å². The van der Waals surface area contributed by atoms with E-state index in [0.29, 0.717) is 43.4 Å². The quantitative estimate of drug-likeness (QED) is 0.236. The van der Waals surface area contributed by atoms with Crippen molar-refractivity contribution in [2.75, 3.05) is 17.2 Å². The molecular weight excluding hydrogens is 510 g/mol. The summed E-state index contributed by atoms with van der Waals surface area (Å²) in [6.07, 6.45) is 3.24. The summed E-state index contributed by atoms with van der Waals surface area (Å²) in [5, 5.41) is 13.4. The zero-order valence-electron chi connectivity index (χ0n) is 22.4. The molecule has 0 bridgehead atoms. The van der Waals surface area contributed by atoms with Crippen LogP contribution >= 0.6 is 0 Å². The zero-order chi connectivity index (χ0) is 27.9. The monoisotopic (exact) mass is 541 g/mol. The Bertz CT molecular complexity index is 1420. The molecule has 0 atom stereocenters. The second-order valence-corrected chi connectivity index (χ2v) is 9.96. The summed E-state index contributed by atoms with van der Waals surface area (Å²) in [4.78, 5) is 29.0. The predicted molar refractivity (Wildman–Crippen MR) is 149 cm³/mol. The molecule has 0 unspecified atom stereocenters. The number of hydrogen-bond acceptors (Lipinski definition) is 9. The lowest BCUT2D eigenvalue weighted by molar-refractivity contribution is -0.154. The second kappa shape index (κ2) is 12.4. The third kappa shape index (κ3) is 7.02. The number of nitrogens with one attached hydrogen (secondary N) is 2. The number of hydrogen-bond donors (Lipinski definition) is 2. The van der Waals surface area contributed by atoms with Gasteiger partial charge in [-0.2, -0.15) is 0 Å². The molecule has 10 nitrogen and oxygen atoms in total. The highest BCUT2D eigenvalue weighted by atomic mass is 16.5. The fourth-order valence-corrected chi connectivity index (χ4v) is 4.21. The van der Waals surface area contributed by atoms with Crippen LogP contribution in [0.15, 0.2) is 77.3 Å². The Kier molecular flexibility index (Phi) is 8.34. The van der Waals surface area contributed by atoms with Crippen molar-refractivity contribution >= 4 is 29.3 Å². The number of benzene rings is 2. The van der Waals surface area contributed by atoms with Crippen molar-refractivity contribution in [3.8, 4) is 5.88 Å². The van der Waals surface area contributed by atoms with Gasteiger partial charge in [-0.3, -0.25) is 9.59 Å². The highest BCUT2D eigenvalue weighted by Gasteiger charge is 2.37. The van der Waals surface area contributed by atoms with Crippen LogP contribution in [0.2, 0.25) is 0 Å². The lowest BCUT2D eigenvalue weighted by Gasteiger charge is -2.33. The number of anilines is 3. The molecule has 0 aliphatic heterocycles. The van der Waals surface area contributed by atoms with Crippen LogP contribution in [0.25, 0.3) is 0 Å². The van der Waals surface area contributed by atoms with E-state index >= 15 is 0 Å². The molecule has 40 heavy (non-hydrogen) atoms. The first kappa shape index (κ1) is 26.9. The van der Waals surface area contributed by atoms with Crippen LogP contribution in [0.4, 0.5) is 17.4 Å². The second-order valence-electron chi connectivity index (χ2n) is 9.96. The third-order valence-corrected chi connectivity index (χ3v) is 6.64. The van der Waals surface area contributed by atoms with Crippen LogP contribution in [0.1, 0.15) is 54.4 Å². The summed E-state index contributed by atoms with van der Waals surface area (Å²) < 4.78 is 16.7. The van der Waals surface area contributed by atoms with Gasteiger partial charge < -0.3 is 24.5 Å². The van der Waals surface area contributed by atoms with E-state index in [0.717, 1.165) is 11.3 Å². The molecule has 1 amide bonds. The highest BCUT2D eigenvalue weighted by Crippen LogP contribution is 2.32. The number of rotatable bonds is 11. The van der Waals surface area contributed by atoms with Crippen LogP contribution in [-0.2, 0) is 16.0 Å². The van der Waals surface area contributed by atoms with Gasteiger partial charge in [-0.05, 0) is 48.1 Å². The predicted octanol–water partition coefficient (Wildman–Crippen LogP) is 5.53. The van der Waals surface area contributed by atoms with Crippen LogP contribution in [-0.4, -0.2) is 39.8 Å². The molecule has 2 heterocycles. The Labute approximate surface area is 232 Å². The molecule has 0 spiro atoms. The summed E-state index contributed by atoms with van der Waals surface area (Å²) in [5.41, 5.74) is 3.58. The van der Waals surface area contributed by atoms with E-state index in [1.54, 1.807) is 12.1 Å². The lowest BCUT2D eigenvalue weighted by atomic mass is 9.82. The van der Waals surface area contributed by atoms with E-state index in [1.807, 2.05) is 54.6 Å². The first-order valence-electron chi connectivity index (χ1n) is 13.3. The van der Waals surface area contributed by atoms with E-state index in [9.17, 15) is 9.59 Å². The summed E-state index contributed by atoms with van der Waals surface area (Å²) in [7, 11) is 0. The van der Waals surface area contributed by atoms with Crippen LogP contribution in [0.3, 0.4) is 0 Å². The molecule has 2 aromatic carbocycles.